The third-order valence-electron chi connectivity index (χ3n) is 5.78. The van der Waals surface area contributed by atoms with Gasteiger partial charge in [-0.3, -0.25) is 4.79 Å². The summed E-state index contributed by atoms with van der Waals surface area (Å²) in [6.45, 7) is 10.4. The normalized spacial score (nSPS) is 20.2. The minimum Gasteiger partial charge on any atom is -0.444 e. The summed E-state index contributed by atoms with van der Waals surface area (Å²) in [4.78, 5) is 26.3. The van der Waals surface area contributed by atoms with Gasteiger partial charge in [-0.15, -0.1) is 0 Å². The highest BCUT2D eigenvalue weighted by Crippen LogP contribution is 2.26. The lowest BCUT2D eigenvalue weighted by Crippen LogP contribution is -2.61. The molecule has 0 unspecified atom stereocenters. The molecule has 1 aromatic carbocycles. The number of rotatable bonds is 6. The van der Waals surface area contributed by atoms with E-state index in [4.69, 9.17) is 9.47 Å². The zero-order valence-corrected chi connectivity index (χ0v) is 18.6. The standard InChI is InChI=1S/C23H35N3O4/c1-17(18-8-6-5-7-9-18)25-23(10-12-29-13-11-23)16-24-20(27)19-14-26(15-19)21(28)30-22(2,3)4/h5-9,17,19,25H,10-16H2,1-4H3,(H,24,27)/t17-/m0/s1. The second-order valence-electron chi connectivity index (χ2n) is 9.47. The number of ether oxygens (including phenoxy) is 2. The van der Waals surface area contributed by atoms with E-state index in [-0.39, 0.29) is 29.5 Å². The van der Waals surface area contributed by atoms with E-state index in [1.54, 1.807) is 4.90 Å². The Bertz CT molecular complexity index is 720. The first kappa shape index (κ1) is 22.6. The molecule has 2 aliphatic heterocycles. The molecule has 7 heteroatoms. The van der Waals surface area contributed by atoms with Gasteiger partial charge in [-0.1, -0.05) is 30.3 Å². The van der Waals surface area contributed by atoms with Crippen molar-refractivity contribution in [1.82, 2.24) is 15.5 Å². The van der Waals surface area contributed by atoms with Gasteiger partial charge >= 0.3 is 6.09 Å². The largest absolute Gasteiger partial charge is 0.444 e. The van der Waals surface area contributed by atoms with Crippen LogP contribution in [-0.2, 0) is 14.3 Å². The van der Waals surface area contributed by atoms with Crippen LogP contribution in [0.2, 0.25) is 0 Å². The quantitative estimate of drug-likeness (QED) is 0.744. The summed E-state index contributed by atoms with van der Waals surface area (Å²) in [7, 11) is 0. The Kier molecular flexibility index (Phi) is 7.03. The Balaban J connectivity index is 1.51. The Morgan fingerprint density at radius 2 is 1.83 bits per heavy atom. The number of carbonyl (C=O) groups is 2. The Labute approximate surface area is 179 Å². The molecule has 1 aromatic rings. The molecule has 0 bridgehead atoms. The summed E-state index contributed by atoms with van der Waals surface area (Å²) in [5, 5.41) is 6.88. The molecule has 3 rings (SSSR count). The van der Waals surface area contributed by atoms with Crippen molar-refractivity contribution in [3.8, 4) is 0 Å². The zero-order chi connectivity index (χ0) is 21.8. The number of likely N-dealkylation sites (tertiary alicyclic amines) is 1. The number of carbonyl (C=O) groups excluding carboxylic acids is 2. The van der Waals surface area contributed by atoms with Gasteiger partial charge in [0.05, 0.1) is 5.92 Å². The van der Waals surface area contributed by atoms with Crippen molar-refractivity contribution in [2.75, 3.05) is 32.8 Å². The molecule has 2 N–H and O–H groups in total. The molecule has 30 heavy (non-hydrogen) atoms. The lowest BCUT2D eigenvalue weighted by molar-refractivity contribution is -0.130. The maximum Gasteiger partial charge on any atom is 0.410 e. The van der Waals surface area contributed by atoms with Crippen LogP contribution < -0.4 is 10.6 Å². The predicted octanol–water partition coefficient (Wildman–Crippen LogP) is 2.87. The van der Waals surface area contributed by atoms with E-state index in [9.17, 15) is 9.59 Å². The van der Waals surface area contributed by atoms with Crippen molar-refractivity contribution in [2.24, 2.45) is 5.92 Å². The first-order valence-electron chi connectivity index (χ1n) is 10.8. The van der Waals surface area contributed by atoms with Gasteiger partial charge in [0.15, 0.2) is 0 Å². The van der Waals surface area contributed by atoms with Gasteiger partial charge in [0, 0.05) is 44.4 Å². The molecule has 2 aliphatic rings. The summed E-state index contributed by atoms with van der Waals surface area (Å²) in [5.41, 5.74) is 0.500. The Morgan fingerprint density at radius 1 is 1.20 bits per heavy atom. The summed E-state index contributed by atoms with van der Waals surface area (Å²) in [5.74, 6) is -0.184. The lowest BCUT2D eigenvalue weighted by Gasteiger charge is -2.42. The maximum atomic E-state index is 12.7. The summed E-state index contributed by atoms with van der Waals surface area (Å²) < 4.78 is 10.9. The Hall–Kier alpha value is -2.12. The number of amides is 2. The van der Waals surface area contributed by atoms with Gasteiger partial charge in [-0.2, -0.15) is 0 Å². The van der Waals surface area contributed by atoms with E-state index in [1.165, 1.54) is 5.56 Å². The van der Waals surface area contributed by atoms with Gasteiger partial charge in [-0.25, -0.2) is 4.79 Å². The molecule has 0 aromatic heterocycles. The van der Waals surface area contributed by atoms with Crippen LogP contribution in [0, 0.1) is 5.92 Å². The van der Waals surface area contributed by atoms with Crippen LogP contribution in [-0.4, -0.2) is 60.9 Å². The smallest absolute Gasteiger partial charge is 0.410 e. The summed E-state index contributed by atoms with van der Waals surface area (Å²) in [6.07, 6.45) is 1.34. The molecule has 2 fully saturated rings. The summed E-state index contributed by atoms with van der Waals surface area (Å²) in [6, 6.07) is 10.5. The molecule has 2 amide bonds. The minimum absolute atomic E-state index is 0.00478. The second-order valence-corrected chi connectivity index (χ2v) is 9.47. The molecule has 166 valence electrons. The molecular weight excluding hydrogens is 382 g/mol. The molecule has 0 aliphatic carbocycles. The van der Waals surface area contributed by atoms with E-state index in [2.05, 4.69) is 29.7 Å². The Morgan fingerprint density at radius 3 is 2.43 bits per heavy atom. The first-order chi connectivity index (χ1) is 14.2. The molecule has 1 atom stereocenters. The van der Waals surface area contributed by atoms with E-state index < -0.39 is 5.60 Å². The van der Waals surface area contributed by atoms with Crippen molar-refractivity contribution in [3.05, 3.63) is 35.9 Å². The third kappa shape index (κ3) is 5.95. The van der Waals surface area contributed by atoms with Gasteiger partial charge in [-0.05, 0) is 46.1 Å². The first-order valence-corrected chi connectivity index (χ1v) is 10.8. The fourth-order valence-corrected chi connectivity index (χ4v) is 3.94. The number of nitrogens with one attached hydrogen (secondary N) is 2. The summed E-state index contributed by atoms with van der Waals surface area (Å²) >= 11 is 0. The maximum absolute atomic E-state index is 12.7. The number of hydrogen-bond donors (Lipinski definition) is 2. The van der Waals surface area contributed by atoms with Crippen molar-refractivity contribution < 1.29 is 19.1 Å². The average Bonchev–Trinajstić information content (AvgIpc) is 2.65. The van der Waals surface area contributed by atoms with Crippen molar-refractivity contribution in [3.63, 3.8) is 0 Å². The van der Waals surface area contributed by atoms with Crippen LogP contribution in [0.1, 0.15) is 52.1 Å². The number of hydrogen-bond acceptors (Lipinski definition) is 5. The van der Waals surface area contributed by atoms with Gasteiger partial charge in [0.25, 0.3) is 0 Å². The minimum atomic E-state index is -0.527. The van der Waals surface area contributed by atoms with E-state index in [0.717, 1.165) is 12.8 Å². The molecular formula is C23H35N3O4. The lowest BCUT2D eigenvalue weighted by atomic mass is 9.87. The van der Waals surface area contributed by atoms with Crippen LogP contribution in [0.15, 0.2) is 30.3 Å². The highest BCUT2D eigenvalue weighted by atomic mass is 16.6. The molecule has 2 saturated heterocycles. The zero-order valence-electron chi connectivity index (χ0n) is 18.6. The number of nitrogens with zero attached hydrogens (tertiary/aromatic N) is 1. The monoisotopic (exact) mass is 417 g/mol. The van der Waals surface area contributed by atoms with Gasteiger partial charge < -0.3 is 25.0 Å². The molecule has 0 spiro atoms. The third-order valence-corrected chi connectivity index (χ3v) is 5.78. The predicted molar refractivity (Wildman–Crippen MR) is 115 cm³/mol. The molecule has 0 saturated carbocycles. The van der Waals surface area contributed by atoms with Gasteiger partial charge in [0.1, 0.15) is 5.60 Å². The fourth-order valence-electron chi connectivity index (χ4n) is 3.94. The molecule has 7 nitrogen and oxygen atoms in total. The SMILES string of the molecule is C[C@H](NC1(CNC(=O)C2CN(C(=O)OC(C)(C)C)C2)CCOCC1)c1ccccc1. The van der Waals surface area contributed by atoms with Crippen molar-refractivity contribution in [2.45, 2.75) is 57.7 Å². The highest BCUT2D eigenvalue weighted by Gasteiger charge is 2.40. The van der Waals surface area contributed by atoms with E-state index >= 15 is 0 Å². The average molecular weight is 418 g/mol. The van der Waals surface area contributed by atoms with Crippen LogP contribution in [0.4, 0.5) is 4.79 Å². The topological polar surface area (TPSA) is 79.9 Å². The van der Waals surface area contributed by atoms with Crippen LogP contribution >= 0.6 is 0 Å². The highest BCUT2D eigenvalue weighted by molar-refractivity contribution is 5.82. The van der Waals surface area contributed by atoms with Crippen LogP contribution in [0.25, 0.3) is 0 Å². The van der Waals surface area contributed by atoms with E-state index in [0.29, 0.717) is 32.8 Å². The second kappa shape index (κ2) is 9.35. The van der Waals surface area contributed by atoms with Gasteiger partial charge in [0.2, 0.25) is 5.91 Å². The molecule has 2 heterocycles. The van der Waals surface area contributed by atoms with Crippen LogP contribution in [0.5, 0.6) is 0 Å². The molecule has 0 radical (unpaired) electrons. The van der Waals surface area contributed by atoms with Crippen LogP contribution in [0.3, 0.4) is 0 Å². The number of benzene rings is 1. The van der Waals surface area contributed by atoms with Crippen molar-refractivity contribution >= 4 is 12.0 Å². The van der Waals surface area contributed by atoms with Crippen molar-refractivity contribution in [1.29, 1.82) is 0 Å². The fraction of sp³-hybridized carbons (Fsp3) is 0.652. The van der Waals surface area contributed by atoms with E-state index in [1.807, 2.05) is 39.0 Å².